The third kappa shape index (κ3) is 4.48. The summed E-state index contributed by atoms with van der Waals surface area (Å²) in [6.07, 6.45) is 0. The molecule has 3 rings (SSSR count). The van der Waals surface area contributed by atoms with Crippen LogP contribution in [0.25, 0.3) is 0 Å². The molecule has 30 heavy (non-hydrogen) atoms. The van der Waals surface area contributed by atoms with Gasteiger partial charge in [0, 0.05) is 25.2 Å². The first-order valence-corrected chi connectivity index (χ1v) is 9.37. The molecule has 0 spiro atoms. The number of carbonyl (C=O) groups excluding carboxylic acids is 1. The zero-order valence-corrected chi connectivity index (χ0v) is 16.5. The molecule has 0 saturated carbocycles. The molecule has 0 bridgehead atoms. The number of piperazine rings is 1. The van der Waals surface area contributed by atoms with Crippen molar-refractivity contribution in [3.8, 4) is 5.75 Å². The first-order chi connectivity index (χ1) is 14.3. The smallest absolute Gasteiger partial charge is 0.314 e. The third-order valence-electron chi connectivity index (χ3n) is 5.17. The van der Waals surface area contributed by atoms with E-state index in [2.05, 4.69) is 0 Å². The van der Waals surface area contributed by atoms with Gasteiger partial charge in [-0.3, -0.25) is 15.0 Å². The van der Waals surface area contributed by atoms with Crippen molar-refractivity contribution in [2.75, 3.05) is 13.3 Å². The van der Waals surface area contributed by atoms with E-state index >= 15 is 0 Å². The molecule has 0 unspecified atom stereocenters. The average Bonchev–Trinajstić information content (AvgIpc) is 2.71. The van der Waals surface area contributed by atoms with E-state index in [0.717, 1.165) is 11.6 Å². The molecule has 0 aromatic heterocycles. The Morgan fingerprint density at radius 1 is 1.20 bits per heavy atom. The minimum Gasteiger partial charge on any atom is -0.469 e. The minimum atomic E-state index is -0.828. The van der Waals surface area contributed by atoms with Crippen molar-refractivity contribution in [2.45, 2.75) is 32.5 Å². The Morgan fingerprint density at radius 3 is 2.53 bits per heavy atom. The van der Waals surface area contributed by atoms with Crippen LogP contribution in [0.15, 0.2) is 48.2 Å². The van der Waals surface area contributed by atoms with Crippen LogP contribution in [0.2, 0.25) is 0 Å². The molecule has 1 aliphatic rings. The molecule has 7 nitrogen and oxygen atoms in total. The summed E-state index contributed by atoms with van der Waals surface area (Å²) in [5.74, 6) is 0.371. The van der Waals surface area contributed by atoms with Crippen molar-refractivity contribution in [3.63, 3.8) is 0 Å². The van der Waals surface area contributed by atoms with Crippen LogP contribution in [0.3, 0.4) is 0 Å². The van der Waals surface area contributed by atoms with E-state index in [-0.39, 0.29) is 18.6 Å². The molecule has 0 amide bonds. The molecule has 2 atom stereocenters. The van der Waals surface area contributed by atoms with Crippen molar-refractivity contribution in [1.29, 1.82) is 0 Å². The van der Waals surface area contributed by atoms with Gasteiger partial charge in [-0.25, -0.2) is 13.6 Å². The van der Waals surface area contributed by atoms with E-state index in [1.165, 1.54) is 24.3 Å². The van der Waals surface area contributed by atoms with E-state index in [0.29, 0.717) is 18.8 Å². The van der Waals surface area contributed by atoms with Gasteiger partial charge < -0.3 is 9.64 Å². The van der Waals surface area contributed by atoms with Gasteiger partial charge in [-0.05, 0) is 37.6 Å². The summed E-state index contributed by atoms with van der Waals surface area (Å²) < 4.78 is 32.7. The Hall–Kier alpha value is -3.29. The highest BCUT2D eigenvalue weighted by atomic mass is 19.1. The summed E-state index contributed by atoms with van der Waals surface area (Å²) in [5, 5.41) is 11.1. The molecule has 0 radical (unpaired) electrons. The largest absolute Gasteiger partial charge is 0.469 e. The fraction of sp³-hybridized carbons (Fsp3) is 0.333. The number of nitrogens with zero attached hydrogens (tertiary/aromatic N) is 3. The third-order valence-corrected chi connectivity index (χ3v) is 5.17. The molecule has 1 saturated heterocycles. The Labute approximate surface area is 172 Å². The summed E-state index contributed by atoms with van der Waals surface area (Å²) in [7, 11) is 0. The van der Waals surface area contributed by atoms with Gasteiger partial charge in [0.15, 0.2) is 5.82 Å². The second-order valence-corrected chi connectivity index (χ2v) is 7.16. The van der Waals surface area contributed by atoms with E-state index in [9.17, 15) is 23.7 Å². The van der Waals surface area contributed by atoms with E-state index in [4.69, 9.17) is 4.74 Å². The number of ether oxygens (including phenoxy) is 1. The molecule has 2 aromatic rings. The summed E-state index contributed by atoms with van der Waals surface area (Å²) >= 11 is 0. The Kier molecular flexibility index (Phi) is 6.44. The number of benzene rings is 2. The number of nitro benzene ring substituents is 1. The van der Waals surface area contributed by atoms with Crippen LogP contribution in [0.4, 0.5) is 14.5 Å². The summed E-state index contributed by atoms with van der Waals surface area (Å²) in [4.78, 5) is 25.8. The quantitative estimate of drug-likeness (QED) is 0.407. The molecule has 1 fully saturated rings. The molecule has 1 aliphatic heterocycles. The van der Waals surface area contributed by atoms with Gasteiger partial charge in [0.2, 0.25) is 5.75 Å². The molecule has 1 heterocycles. The van der Waals surface area contributed by atoms with Crippen LogP contribution >= 0.6 is 0 Å². The molecular weight excluding hydrogens is 396 g/mol. The molecule has 0 aliphatic carbocycles. The van der Waals surface area contributed by atoms with Gasteiger partial charge in [-0.2, -0.15) is 0 Å². The monoisotopic (exact) mass is 417 g/mol. The maximum atomic E-state index is 14.1. The Morgan fingerprint density at radius 2 is 1.90 bits per heavy atom. The summed E-state index contributed by atoms with van der Waals surface area (Å²) in [5.41, 5.74) is 0.761. The highest BCUT2D eigenvalue weighted by Crippen LogP contribution is 2.31. The van der Waals surface area contributed by atoms with Crippen molar-refractivity contribution < 1.29 is 23.2 Å². The van der Waals surface area contributed by atoms with Gasteiger partial charge in [-0.1, -0.05) is 18.2 Å². The lowest BCUT2D eigenvalue weighted by molar-refractivity contribution is -0.386. The molecule has 2 aromatic carbocycles. The topological polar surface area (TPSA) is 75.9 Å². The minimum absolute atomic E-state index is 0.123. The number of halogens is 2. The van der Waals surface area contributed by atoms with Crippen LogP contribution in [0, 0.1) is 21.7 Å². The van der Waals surface area contributed by atoms with Crippen molar-refractivity contribution in [1.82, 2.24) is 9.80 Å². The predicted octanol–water partition coefficient (Wildman–Crippen LogP) is 3.52. The highest BCUT2D eigenvalue weighted by molar-refractivity contribution is 5.54. The second-order valence-electron chi connectivity index (χ2n) is 7.16. The summed E-state index contributed by atoms with van der Waals surface area (Å²) in [6.45, 7) is 4.43. The van der Waals surface area contributed by atoms with Crippen LogP contribution < -0.4 is 4.74 Å². The summed E-state index contributed by atoms with van der Waals surface area (Å²) in [6, 6.07) is 8.99. The predicted molar refractivity (Wildman–Crippen MR) is 105 cm³/mol. The van der Waals surface area contributed by atoms with Crippen LogP contribution in [-0.2, 0) is 11.3 Å². The number of para-hydroxylation sites is 1. The maximum absolute atomic E-state index is 14.1. The Bertz CT molecular complexity index is 977. The lowest BCUT2D eigenvalue weighted by Gasteiger charge is -2.45. The number of hydrogen-bond acceptors (Lipinski definition) is 6. The van der Waals surface area contributed by atoms with E-state index in [1.807, 2.05) is 17.8 Å². The van der Waals surface area contributed by atoms with Crippen LogP contribution in [0.1, 0.15) is 19.4 Å². The second kappa shape index (κ2) is 9.02. The lowest BCUT2D eigenvalue weighted by Crippen LogP contribution is -2.55. The first-order valence-electron chi connectivity index (χ1n) is 9.37. The molecule has 9 heteroatoms. The van der Waals surface area contributed by atoms with Gasteiger partial charge in [0.25, 0.3) is 0 Å². The van der Waals surface area contributed by atoms with Gasteiger partial charge in [0.1, 0.15) is 24.2 Å². The van der Waals surface area contributed by atoms with E-state index in [1.54, 1.807) is 24.0 Å². The van der Waals surface area contributed by atoms with Crippen molar-refractivity contribution in [2.24, 2.45) is 0 Å². The number of rotatable bonds is 6. The van der Waals surface area contributed by atoms with Gasteiger partial charge in [-0.15, -0.1) is 0 Å². The van der Waals surface area contributed by atoms with Crippen molar-refractivity contribution >= 4 is 11.6 Å². The maximum Gasteiger partial charge on any atom is 0.314 e. The molecule has 0 N–H and O–H groups in total. The van der Waals surface area contributed by atoms with Crippen LogP contribution in [0.5, 0.6) is 5.75 Å². The Balaban J connectivity index is 1.75. The molecule has 158 valence electrons. The SMILES string of the molecule is C[C@@H]1CN(COc2c(F)cccc2[N+](=O)[O-])[C@@H](C)C(=C=O)N1Cc1ccc(F)cc1. The molecular formula is C21H21F2N3O4. The zero-order valence-electron chi connectivity index (χ0n) is 16.5. The fourth-order valence-electron chi connectivity index (χ4n) is 3.51. The van der Waals surface area contributed by atoms with Crippen LogP contribution in [-0.4, -0.2) is 46.0 Å². The number of nitro groups is 1. The van der Waals surface area contributed by atoms with E-state index < -0.39 is 28.2 Å². The van der Waals surface area contributed by atoms with Gasteiger partial charge >= 0.3 is 5.69 Å². The normalized spacial score (nSPS) is 19.5. The lowest BCUT2D eigenvalue weighted by atomic mass is 10.0. The van der Waals surface area contributed by atoms with Gasteiger partial charge in [0.05, 0.1) is 11.0 Å². The number of hydrogen-bond donors (Lipinski definition) is 0. The zero-order chi connectivity index (χ0) is 21.8. The average molecular weight is 417 g/mol. The fourth-order valence-corrected chi connectivity index (χ4v) is 3.51. The van der Waals surface area contributed by atoms with Crippen molar-refractivity contribution in [3.05, 3.63) is 75.5 Å². The first kappa shape index (κ1) is 21.4. The standard InChI is InChI=1S/C21H21F2N3O4/c1-14-10-24(13-30-21-18(23)4-3-5-19(21)26(28)29)15(2)20(12-27)25(14)11-16-6-8-17(22)9-7-16/h3-9,14-15H,10-11,13H2,1-2H3/t14-,15+/m1/s1. The highest BCUT2D eigenvalue weighted by Gasteiger charge is 2.34.